The molecule has 0 aromatic carbocycles. The molecule has 3 nitrogen and oxygen atoms in total. The minimum atomic E-state index is -4.26. The smallest absolute Gasteiger partial charge is 0.379 e. The minimum absolute atomic E-state index is 0.303. The molecule has 0 saturated carbocycles. The third kappa shape index (κ3) is 3.32. The Morgan fingerprint density at radius 2 is 1.87 bits per heavy atom. The number of halogens is 3. The zero-order valence-electron chi connectivity index (χ0n) is 8.76. The molecule has 1 saturated heterocycles. The van der Waals surface area contributed by atoms with E-state index in [2.05, 4.69) is 0 Å². The Hall–Kier alpha value is -0.330. The zero-order chi connectivity index (χ0) is 11.5. The fourth-order valence-corrected chi connectivity index (χ4v) is 1.80. The molecule has 0 bridgehead atoms. The highest BCUT2D eigenvalue weighted by atomic mass is 19.4. The van der Waals surface area contributed by atoms with Crippen LogP contribution in [0.1, 0.15) is 13.3 Å². The molecule has 0 amide bonds. The van der Waals surface area contributed by atoms with E-state index in [9.17, 15) is 13.2 Å². The maximum absolute atomic E-state index is 12.8. The number of hydrogen-bond acceptors (Lipinski definition) is 3. The quantitative estimate of drug-likeness (QED) is 0.779. The Bertz CT molecular complexity index is 192. The van der Waals surface area contributed by atoms with Gasteiger partial charge in [-0.25, -0.2) is 0 Å². The average molecular weight is 226 g/mol. The van der Waals surface area contributed by atoms with Crippen LogP contribution in [0.25, 0.3) is 0 Å². The van der Waals surface area contributed by atoms with Gasteiger partial charge >= 0.3 is 6.18 Å². The first-order chi connectivity index (χ1) is 6.96. The van der Waals surface area contributed by atoms with E-state index in [-0.39, 0.29) is 0 Å². The first-order valence-corrected chi connectivity index (χ1v) is 5.11. The van der Waals surface area contributed by atoms with E-state index in [1.807, 2.05) is 0 Å². The number of morpholine rings is 1. The van der Waals surface area contributed by atoms with Gasteiger partial charge in [-0.3, -0.25) is 4.90 Å². The molecular weight excluding hydrogens is 209 g/mol. The van der Waals surface area contributed by atoms with Gasteiger partial charge in [0.15, 0.2) is 0 Å². The second kappa shape index (κ2) is 5.14. The van der Waals surface area contributed by atoms with Crippen LogP contribution in [0.2, 0.25) is 0 Å². The molecule has 1 aliphatic rings. The summed E-state index contributed by atoms with van der Waals surface area (Å²) in [6.07, 6.45) is -3.94. The summed E-state index contributed by atoms with van der Waals surface area (Å²) in [5, 5.41) is 0. The van der Waals surface area contributed by atoms with Crippen molar-refractivity contribution in [2.24, 2.45) is 5.73 Å². The summed E-state index contributed by atoms with van der Waals surface area (Å²) in [5.74, 6) is 0. The van der Waals surface area contributed by atoms with Crippen LogP contribution in [-0.4, -0.2) is 49.5 Å². The first kappa shape index (κ1) is 12.7. The van der Waals surface area contributed by atoms with Crippen LogP contribution in [0.3, 0.4) is 0 Å². The lowest BCUT2D eigenvalue weighted by molar-refractivity contribution is -0.197. The molecule has 1 fully saturated rings. The maximum atomic E-state index is 12.8. The van der Waals surface area contributed by atoms with Crippen molar-refractivity contribution in [3.8, 4) is 0 Å². The van der Waals surface area contributed by atoms with Crippen molar-refractivity contribution in [1.82, 2.24) is 4.90 Å². The maximum Gasteiger partial charge on any atom is 0.405 e. The van der Waals surface area contributed by atoms with E-state index in [1.165, 1.54) is 4.90 Å². The molecule has 2 unspecified atom stereocenters. The molecule has 0 radical (unpaired) electrons. The fraction of sp³-hybridized carbons (Fsp3) is 1.00. The van der Waals surface area contributed by atoms with E-state index < -0.39 is 18.3 Å². The van der Waals surface area contributed by atoms with Gasteiger partial charge in [-0.2, -0.15) is 13.2 Å². The number of hydrogen-bond donors (Lipinski definition) is 1. The summed E-state index contributed by atoms with van der Waals surface area (Å²) in [6, 6.07) is -2.39. The highest BCUT2D eigenvalue weighted by Crippen LogP contribution is 2.28. The van der Waals surface area contributed by atoms with Gasteiger partial charge in [0.05, 0.1) is 13.2 Å². The summed E-state index contributed by atoms with van der Waals surface area (Å²) in [7, 11) is 0. The summed E-state index contributed by atoms with van der Waals surface area (Å²) in [6.45, 7) is 2.98. The number of ether oxygens (including phenoxy) is 1. The fourth-order valence-electron chi connectivity index (χ4n) is 1.80. The van der Waals surface area contributed by atoms with Crippen molar-refractivity contribution in [3.63, 3.8) is 0 Å². The predicted octanol–water partition coefficient (Wildman–Crippen LogP) is 0.987. The van der Waals surface area contributed by atoms with E-state index in [4.69, 9.17) is 10.5 Å². The highest BCUT2D eigenvalue weighted by molar-refractivity contribution is 4.88. The van der Waals surface area contributed by atoms with Crippen LogP contribution >= 0.6 is 0 Å². The van der Waals surface area contributed by atoms with E-state index in [0.29, 0.717) is 32.7 Å². The Labute approximate surface area is 87.4 Å². The number of alkyl halides is 3. The SMILES string of the molecule is CCC(N)C(N1CCOCC1)C(F)(F)F. The van der Waals surface area contributed by atoms with Crippen LogP contribution in [0.5, 0.6) is 0 Å². The largest absolute Gasteiger partial charge is 0.405 e. The van der Waals surface area contributed by atoms with Crippen molar-refractivity contribution < 1.29 is 17.9 Å². The summed E-state index contributed by atoms with van der Waals surface area (Å²) >= 11 is 0. The molecule has 0 aromatic rings. The monoisotopic (exact) mass is 226 g/mol. The lowest BCUT2D eigenvalue weighted by atomic mass is 10.0. The van der Waals surface area contributed by atoms with Crippen LogP contribution in [0.4, 0.5) is 13.2 Å². The van der Waals surface area contributed by atoms with Crippen LogP contribution in [0, 0.1) is 0 Å². The predicted molar refractivity (Wildman–Crippen MR) is 50.5 cm³/mol. The molecular formula is C9H17F3N2O. The molecule has 1 aliphatic heterocycles. The molecule has 0 aromatic heterocycles. The third-order valence-electron chi connectivity index (χ3n) is 2.65. The van der Waals surface area contributed by atoms with Gasteiger partial charge in [-0.05, 0) is 6.42 Å². The Kier molecular flexibility index (Phi) is 4.36. The van der Waals surface area contributed by atoms with E-state index >= 15 is 0 Å². The number of nitrogens with two attached hydrogens (primary N) is 1. The summed E-state index contributed by atoms with van der Waals surface area (Å²) in [4.78, 5) is 1.37. The van der Waals surface area contributed by atoms with Crippen LogP contribution in [0.15, 0.2) is 0 Å². The summed E-state index contributed by atoms with van der Waals surface area (Å²) in [5.41, 5.74) is 5.53. The third-order valence-corrected chi connectivity index (χ3v) is 2.65. The van der Waals surface area contributed by atoms with Crippen LogP contribution in [-0.2, 0) is 4.74 Å². The molecule has 1 heterocycles. The lowest BCUT2D eigenvalue weighted by Crippen LogP contribution is -2.58. The highest BCUT2D eigenvalue weighted by Gasteiger charge is 2.46. The number of rotatable bonds is 3. The minimum Gasteiger partial charge on any atom is -0.379 e. The van der Waals surface area contributed by atoms with Gasteiger partial charge in [0.1, 0.15) is 6.04 Å². The molecule has 1 rings (SSSR count). The molecule has 2 atom stereocenters. The van der Waals surface area contributed by atoms with Gasteiger partial charge in [0.25, 0.3) is 0 Å². The van der Waals surface area contributed by atoms with Crippen LogP contribution < -0.4 is 5.73 Å². The molecule has 15 heavy (non-hydrogen) atoms. The van der Waals surface area contributed by atoms with Gasteiger partial charge in [0, 0.05) is 19.1 Å². The van der Waals surface area contributed by atoms with Gasteiger partial charge in [0.2, 0.25) is 0 Å². The molecule has 90 valence electrons. The zero-order valence-corrected chi connectivity index (χ0v) is 8.76. The average Bonchev–Trinajstić information content (AvgIpc) is 2.17. The Morgan fingerprint density at radius 3 is 2.27 bits per heavy atom. The number of nitrogens with zero attached hydrogens (tertiary/aromatic N) is 1. The van der Waals surface area contributed by atoms with Crippen molar-refractivity contribution in [1.29, 1.82) is 0 Å². The van der Waals surface area contributed by atoms with Gasteiger partial charge in [-0.1, -0.05) is 6.92 Å². The Morgan fingerprint density at radius 1 is 1.33 bits per heavy atom. The normalized spacial score (nSPS) is 23.8. The summed E-state index contributed by atoms with van der Waals surface area (Å²) < 4.78 is 43.4. The van der Waals surface area contributed by atoms with Crippen molar-refractivity contribution >= 4 is 0 Å². The van der Waals surface area contributed by atoms with Gasteiger partial charge < -0.3 is 10.5 Å². The Balaban J connectivity index is 2.70. The standard InChI is InChI=1S/C9H17F3N2O/c1-2-7(13)8(9(10,11)12)14-3-5-15-6-4-14/h7-8H,2-6,13H2,1H3. The van der Waals surface area contributed by atoms with Crippen molar-refractivity contribution in [3.05, 3.63) is 0 Å². The second-order valence-electron chi connectivity index (χ2n) is 3.71. The van der Waals surface area contributed by atoms with E-state index in [1.54, 1.807) is 6.92 Å². The lowest BCUT2D eigenvalue weighted by Gasteiger charge is -2.38. The molecule has 0 spiro atoms. The topological polar surface area (TPSA) is 38.5 Å². The van der Waals surface area contributed by atoms with Gasteiger partial charge in [-0.15, -0.1) is 0 Å². The van der Waals surface area contributed by atoms with Crippen molar-refractivity contribution in [2.45, 2.75) is 31.6 Å². The molecule has 2 N–H and O–H groups in total. The second-order valence-corrected chi connectivity index (χ2v) is 3.71. The first-order valence-electron chi connectivity index (χ1n) is 5.11. The van der Waals surface area contributed by atoms with Crippen molar-refractivity contribution in [2.75, 3.05) is 26.3 Å². The molecule has 0 aliphatic carbocycles. The molecule has 6 heteroatoms. The van der Waals surface area contributed by atoms with E-state index in [0.717, 1.165) is 0 Å².